The molecule has 3 aromatic heterocycles. The first kappa shape index (κ1) is 28.0. The summed E-state index contributed by atoms with van der Waals surface area (Å²) in [6.07, 6.45) is 1.95. The highest BCUT2D eigenvalue weighted by Crippen LogP contribution is 2.31. The van der Waals surface area contributed by atoms with Gasteiger partial charge < -0.3 is 15.5 Å². The number of amides is 2. The average Bonchev–Trinajstić information content (AvgIpc) is 3.74. The van der Waals surface area contributed by atoms with E-state index in [2.05, 4.69) is 30.9 Å². The van der Waals surface area contributed by atoms with Gasteiger partial charge in [0.1, 0.15) is 11.3 Å². The van der Waals surface area contributed by atoms with Crippen LogP contribution >= 0.6 is 11.8 Å². The van der Waals surface area contributed by atoms with Crippen LogP contribution in [0.5, 0.6) is 0 Å². The monoisotopic (exact) mass is 599 g/mol. The fraction of sp³-hybridized carbons (Fsp3) is 0.370. The standard InChI is InChI=1S/C27H28F3N9O2S/c1-16-11-22(35-34-16)32-24-21-3-2-8-39(21)36-26(33-24)42-18-4-5-20(19(28)12-18)31-23(40)14-37-9-6-17(13-37)25(41)38-10-7-27(29,30)15-38/h2-5,8,11-12,17H,6-7,9-10,13-15H2,1H3,(H,31,40)(H2,32,33,34,35,36)/t17-/m1/s1. The highest BCUT2D eigenvalue weighted by atomic mass is 32.2. The Morgan fingerprint density at radius 1 is 1.21 bits per heavy atom. The molecule has 0 radical (unpaired) electrons. The predicted molar refractivity (Wildman–Crippen MR) is 149 cm³/mol. The van der Waals surface area contributed by atoms with Crippen molar-refractivity contribution in [3.05, 3.63) is 54.1 Å². The van der Waals surface area contributed by atoms with Crippen molar-refractivity contribution in [2.45, 2.75) is 35.7 Å². The molecule has 0 bridgehead atoms. The van der Waals surface area contributed by atoms with Crippen LogP contribution in [0.4, 0.5) is 30.5 Å². The van der Waals surface area contributed by atoms with Crippen LogP contribution in [0.2, 0.25) is 0 Å². The van der Waals surface area contributed by atoms with Gasteiger partial charge >= 0.3 is 0 Å². The number of hydrogen-bond acceptors (Lipinski definition) is 8. The number of nitrogens with one attached hydrogen (secondary N) is 3. The van der Waals surface area contributed by atoms with E-state index in [-0.39, 0.29) is 31.1 Å². The van der Waals surface area contributed by atoms with Crippen LogP contribution in [0.25, 0.3) is 5.52 Å². The van der Waals surface area contributed by atoms with Crippen LogP contribution in [-0.2, 0) is 9.59 Å². The van der Waals surface area contributed by atoms with E-state index < -0.39 is 30.1 Å². The Morgan fingerprint density at radius 2 is 2.07 bits per heavy atom. The summed E-state index contributed by atoms with van der Waals surface area (Å²) in [6, 6.07) is 9.97. The Balaban J connectivity index is 1.06. The molecule has 2 aliphatic rings. The van der Waals surface area contributed by atoms with Gasteiger partial charge in [-0.05, 0) is 62.0 Å². The maximum Gasteiger partial charge on any atom is 0.267 e. The molecule has 42 heavy (non-hydrogen) atoms. The summed E-state index contributed by atoms with van der Waals surface area (Å²) in [7, 11) is 0. The third kappa shape index (κ3) is 6.21. The quantitative estimate of drug-likeness (QED) is 0.279. The Labute approximate surface area is 242 Å². The summed E-state index contributed by atoms with van der Waals surface area (Å²) < 4.78 is 43.6. The van der Waals surface area contributed by atoms with Crippen LogP contribution in [0, 0.1) is 18.7 Å². The lowest BCUT2D eigenvalue weighted by Crippen LogP contribution is -2.38. The summed E-state index contributed by atoms with van der Waals surface area (Å²) in [5.41, 5.74) is 1.66. The molecule has 2 aliphatic heterocycles. The number of likely N-dealkylation sites (tertiary alicyclic amines) is 2. The van der Waals surface area contributed by atoms with Gasteiger partial charge in [-0.2, -0.15) is 5.10 Å². The van der Waals surface area contributed by atoms with Crippen LogP contribution in [-0.4, -0.2) is 85.1 Å². The lowest BCUT2D eigenvalue weighted by atomic mass is 10.1. The number of fused-ring (bicyclic) bond motifs is 1. The zero-order valence-corrected chi connectivity index (χ0v) is 23.4. The minimum atomic E-state index is -2.84. The van der Waals surface area contributed by atoms with E-state index in [1.54, 1.807) is 21.7 Å². The van der Waals surface area contributed by atoms with Crippen molar-refractivity contribution in [1.82, 2.24) is 34.6 Å². The molecule has 0 aliphatic carbocycles. The molecule has 15 heteroatoms. The van der Waals surface area contributed by atoms with Crippen LogP contribution in [0.3, 0.4) is 0 Å². The number of aryl methyl sites for hydroxylation is 1. The minimum absolute atomic E-state index is 0.0218. The molecule has 0 saturated carbocycles. The molecule has 0 unspecified atom stereocenters. The van der Waals surface area contributed by atoms with E-state index >= 15 is 0 Å². The first-order valence-corrected chi connectivity index (χ1v) is 14.2. The van der Waals surface area contributed by atoms with Gasteiger partial charge in [-0.1, -0.05) is 0 Å². The number of anilines is 3. The van der Waals surface area contributed by atoms with E-state index in [1.807, 2.05) is 25.1 Å². The van der Waals surface area contributed by atoms with Gasteiger partial charge in [-0.25, -0.2) is 22.7 Å². The molecule has 220 valence electrons. The van der Waals surface area contributed by atoms with Crippen molar-refractivity contribution in [1.29, 1.82) is 0 Å². The molecule has 6 rings (SSSR count). The molecule has 0 spiro atoms. The molecule has 3 N–H and O–H groups in total. The molecule has 1 aromatic carbocycles. The van der Waals surface area contributed by atoms with E-state index in [4.69, 9.17) is 0 Å². The van der Waals surface area contributed by atoms with Gasteiger partial charge in [0.05, 0.1) is 24.7 Å². The summed E-state index contributed by atoms with van der Waals surface area (Å²) in [5, 5.41) is 17.7. The SMILES string of the molecule is Cc1cc(Nc2nc(Sc3ccc(NC(=O)CN4CC[C@@H](C(=O)N5CCC(F)(F)C5)C4)c(F)c3)nn3cccc23)n[nH]1. The highest BCUT2D eigenvalue weighted by molar-refractivity contribution is 7.99. The van der Waals surface area contributed by atoms with Crippen molar-refractivity contribution < 1.29 is 22.8 Å². The number of hydrogen-bond donors (Lipinski definition) is 3. The molecule has 2 amide bonds. The number of nitrogens with zero attached hydrogens (tertiary/aromatic N) is 6. The predicted octanol–water partition coefficient (Wildman–Crippen LogP) is 3.92. The lowest BCUT2D eigenvalue weighted by molar-refractivity contribution is -0.135. The van der Waals surface area contributed by atoms with Crippen molar-refractivity contribution in [2.75, 3.05) is 43.4 Å². The summed E-state index contributed by atoms with van der Waals surface area (Å²) in [6.45, 7) is 2.13. The van der Waals surface area contributed by atoms with Gasteiger partial charge in [-0.15, -0.1) is 5.10 Å². The number of alkyl halides is 2. The molecule has 2 saturated heterocycles. The smallest absolute Gasteiger partial charge is 0.267 e. The van der Waals surface area contributed by atoms with Crippen LogP contribution < -0.4 is 10.6 Å². The van der Waals surface area contributed by atoms with Crippen molar-refractivity contribution >= 4 is 46.4 Å². The number of H-pyrrole nitrogens is 1. The first-order valence-electron chi connectivity index (χ1n) is 13.4. The number of aromatic amines is 1. The number of carbonyl (C=O) groups is 2. The van der Waals surface area contributed by atoms with E-state index in [9.17, 15) is 22.8 Å². The Bertz CT molecular complexity index is 1640. The minimum Gasteiger partial charge on any atom is -0.336 e. The third-order valence-corrected chi connectivity index (χ3v) is 8.06. The number of rotatable bonds is 8. The average molecular weight is 600 g/mol. The van der Waals surface area contributed by atoms with Crippen LogP contribution in [0.15, 0.2) is 52.6 Å². The zero-order valence-electron chi connectivity index (χ0n) is 22.6. The van der Waals surface area contributed by atoms with Gasteiger partial charge in [-0.3, -0.25) is 19.6 Å². The highest BCUT2D eigenvalue weighted by Gasteiger charge is 2.43. The van der Waals surface area contributed by atoms with E-state index in [0.29, 0.717) is 41.2 Å². The molecule has 4 aromatic rings. The molecule has 11 nitrogen and oxygen atoms in total. The van der Waals surface area contributed by atoms with Crippen molar-refractivity contribution in [3.63, 3.8) is 0 Å². The number of carbonyl (C=O) groups excluding carboxylic acids is 2. The topological polar surface area (TPSA) is 124 Å². The van der Waals surface area contributed by atoms with Crippen molar-refractivity contribution in [3.8, 4) is 0 Å². The zero-order chi connectivity index (χ0) is 29.4. The molecule has 1 atom stereocenters. The fourth-order valence-electron chi connectivity index (χ4n) is 5.17. The lowest BCUT2D eigenvalue weighted by Gasteiger charge is -2.21. The second-order valence-corrected chi connectivity index (χ2v) is 11.6. The molecular weight excluding hydrogens is 571 g/mol. The maximum atomic E-state index is 15.0. The molecular formula is C27H28F3N9O2S. The second-order valence-electron chi connectivity index (χ2n) is 10.5. The summed E-state index contributed by atoms with van der Waals surface area (Å²) in [4.78, 5) is 33.4. The van der Waals surface area contributed by atoms with Crippen molar-refractivity contribution in [2.24, 2.45) is 5.92 Å². The molecule has 2 fully saturated rings. The van der Waals surface area contributed by atoms with Gasteiger partial charge in [0, 0.05) is 42.4 Å². The Kier molecular flexibility index (Phi) is 7.53. The normalized spacial score (nSPS) is 18.6. The third-order valence-electron chi connectivity index (χ3n) is 7.22. The number of aromatic nitrogens is 5. The largest absolute Gasteiger partial charge is 0.336 e. The van der Waals surface area contributed by atoms with E-state index in [1.165, 1.54) is 17.0 Å². The second kappa shape index (κ2) is 11.3. The summed E-state index contributed by atoms with van der Waals surface area (Å²) >= 11 is 1.16. The first-order chi connectivity index (χ1) is 20.1. The maximum absolute atomic E-state index is 15.0. The fourth-order valence-corrected chi connectivity index (χ4v) is 5.95. The van der Waals surface area contributed by atoms with Gasteiger partial charge in [0.15, 0.2) is 11.6 Å². The number of benzene rings is 1. The summed E-state index contributed by atoms with van der Waals surface area (Å²) in [5.74, 6) is -3.47. The van der Waals surface area contributed by atoms with E-state index in [0.717, 1.165) is 23.0 Å². The Morgan fingerprint density at radius 3 is 2.81 bits per heavy atom. The Hall–Kier alpha value is -4.11. The van der Waals surface area contributed by atoms with Crippen LogP contribution in [0.1, 0.15) is 18.5 Å². The van der Waals surface area contributed by atoms with Gasteiger partial charge in [0.25, 0.3) is 5.92 Å². The van der Waals surface area contributed by atoms with Gasteiger partial charge in [0.2, 0.25) is 17.0 Å². The number of halogens is 3. The molecule has 5 heterocycles.